The standard InChI is InChI=1S/C14H17N3O2/c1-3-17(10(2)8-14(18)19)13-9-15-16-12-7-5-4-6-11(12)13/h4-7,9-10H,3,8H2,1-2H3,(H,18,19). The van der Waals surface area contributed by atoms with Crippen LogP contribution in [-0.4, -0.2) is 33.9 Å². The van der Waals surface area contributed by atoms with Gasteiger partial charge in [0.05, 0.1) is 23.8 Å². The fourth-order valence-corrected chi connectivity index (χ4v) is 2.30. The van der Waals surface area contributed by atoms with Gasteiger partial charge in [-0.15, -0.1) is 0 Å². The summed E-state index contributed by atoms with van der Waals surface area (Å²) >= 11 is 0. The molecule has 0 saturated heterocycles. The van der Waals surface area contributed by atoms with Crippen molar-refractivity contribution in [3.8, 4) is 0 Å². The average molecular weight is 259 g/mol. The molecule has 0 aliphatic carbocycles. The van der Waals surface area contributed by atoms with Gasteiger partial charge in [0.25, 0.3) is 0 Å². The Bertz CT molecular complexity index is 580. The number of hydrogen-bond donors (Lipinski definition) is 1. The van der Waals surface area contributed by atoms with Gasteiger partial charge in [-0.2, -0.15) is 10.2 Å². The van der Waals surface area contributed by atoms with E-state index in [4.69, 9.17) is 5.11 Å². The Balaban J connectivity index is 2.43. The van der Waals surface area contributed by atoms with Crippen LogP contribution in [0.3, 0.4) is 0 Å². The number of carbonyl (C=O) groups is 1. The summed E-state index contributed by atoms with van der Waals surface area (Å²) in [4.78, 5) is 12.9. The van der Waals surface area contributed by atoms with E-state index in [0.29, 0.717) is 0 Å². The maximum Gasteiger partial charge on any atom is 0.305 e. The summed E-state index contributed by atoms with van der Waals surface area (Å²) in [7, 11) is 0. The van der Waals surface area contributed by atoms with Crippen molar-refractivity contribution in [2.75, 3.05) is 11.4 Å². The van der Waals surface area contributed by atoms with Gasteiger partial charge in [-0.25, -0.2) is 0 Å². The van der Waals surface area contributed by atoms with Crippen molar-refractivity contribution >= 4 is 22.6 Å². The van der Waals surface area contributed by atoms with Gasteiger partial charge in [-0.3, -0.25) is 4.79 Å². The Kier molecular flexibility index (Phi) is 3.94. The second-order valence-electron chi connectivity index (χ2n) is 4.48. The van der Waals surface area contributed by atoms with Crippen LogP contribution < -0.4 is 4.90 Å². The van der Waals surface area contributed by atoms with E-state index in [1.165, 1.54) is 0 Å². The van der Waals surface area contributed by atoms with Crippen LogP contribution in [0.1, 0.15) is 20.3 Å². The van der Waals surface area contributed by atoms with Gasteiger partial charge in [0.1, 0.15) is 0 Å². The molecule has 1 unspecified atom stereocenters. The third-order valence-electron chi connectivity index (χ3n) is 3.18. The van der Waals surface area contributed by atoms with E-state index in [9.17, 15) is 4.79 Å². The monoisotopic (exact) mass is 259 g/mol. The molecule has 2 rings (SSSR count). The molecule has 0 bridgehead atoms. The lowest BCUT2D eigenvalue weighted by Gasteiger charge is -2.29. The molecule has 2 aromatic rings. The second-order valence-corrected chi connectivity index (χ2v) is 4.48. The van der Waals surface area contributed by atoms with Crippen molar-refractivity contribution in [3.05, 3.63) is 30.5 Å². The molecule has 1 aromatic heterocycles. The number of fused-ring (bicyclic) bond motifs is 1. The van der Waals surface area contributed by atoms with Crippen LogP contribution in [0.5, 0.6) is 0 Å². The first-order chi connectivity index (χ1) is 9.13. The van der Waals surface area contributed by atoms with Crippen LogP contribution in [0.2, 0.25) is 0 Å². The molecule has 100 valence electrons. The number of carboxylic acid groups (broad SMARTS) is 1. The number of nitrogens with zero attached hydrogens (tertiary/aromatic N) is 3. The highest BCUT2D eigenvalue weighted by atomic mass is 16.4. The zero-order chi connectivity index (χ0) is 13.8. The third kappa shape index (κ3) is 2.81. The molecule has 0 amide bonds. The number of rotatable bonds is 5. The number of hydrogen-bond acceptors (Lipinski definition) is 4. The number of carboxylic acids is 1. The topological polar surface area (TPSA) is 66.3 Å². The van der Waals surface area contributed by atoms with E-state index in [-0.39, 0.29) is 12.5 Å². The van der Waals surface area contributed by atoms with Gasteiger partial charge >= 0.3 is 5.97 Å². The molecule has 0 saturated carbocycles. The predicted octanol–water partition coefficient (Wildman–Crippen LogP) is 2.32. The first-order valence-corrected chi connectivity index (χ1v) is 6.32. The lowest BCUT2D eigenvalue weighted by Crippen LogP contribution is -2.34. The van der Waals surface area contributed by atoms with Gasteiger partial charge in [-0.1, -0.05) is 18.2 Å². The van der Waals surface area contributed by atoms with Crippen LogP contribution >= 0.6 is 0 Å². The lowest BCUT2D eigenvalue weighted by molar-refractivity contribution is -0.137. The second kappa shape index (κ2) is 5.65. The Labute approximate surface area is 111 Å². The zero-order valence-corrected chi connectivity index (χ0v) is 11.1. The average Bonchev–Trinajstić information content (AvgIpc) is 2.39. The highest BCUT2D eigenvalue weighted by molar-refractivity contribution is 5.91. The zero-order valence-electron chi connectivity index (χ0n) is 11.1. The van der Waals surface area contributed by atoms with Crippen molar-refractivity contribution in [3.63, 3.8) is 0 Å². The van der Waals surface area contributed by atoms with Gasteiger partial charge in [0.2, 0.25) is 0 Å². The lowest BCUT2D eigenvalue weighted by atomic mass is 10.1. The molecule has 5 heteroatoms. The summed E-state index contributed by atoms with van der Waals surface area (Å²) in [6.45, 7) is 4.64. The van der Waals surface area contributed by atoms with Crippen LogP contribution in [0.15, 0.2) is 30.5 Å². The summed E-state index contributed by atoms with van der Waals surface area (Å²) in [5.41, 5.74) is 1.75. The molecule has 1 heterocycles. The molecule has 1 atom stereocenters. The summed E-state index contributed by atoms with van der Waals surface area (Å²) < 4.78 is 0. The summed E-state index contributed by atoms with van der Waals surface area (Å²) in [5.74, 6) is -0.794. The van der Waals surface area contributed by atoms with Crippen molar-refractivity contribution in [2.45, 2.75) is 26.3 Å². The molecule has 19 heavy (non-hydrogen) atoms. The molecule has 1 N–H and O–H groups in total. The van der Waals surface area contributed by atoms with E-state index in [1.807, 2.05) is 43.0 Å². The Morgan fingerprint density at radius 1 is 1.42 bits per heavy atom. The summed E-state index contributed by atoms with van der Waals surface area (Å²) in [6, 6.07) is 7.66. The molecule has 0 aliphatic heterocycles. The number of aromatic nitrogens is 2. The Morgan fingerprint density at radius 2 is 2.16 bits per heavy atom. The molecule has 0 radical (unpaired) electrons. The molecule has 1 aromatic carbocycles. The van der Waals surface area contributed by atoms with Gasteiger partial charge in [-0.05, 0) is 19.9 Å². The molecule has 5 nitrogen and oxygen atoms in total. The minimum Gasteiger partial charge on any atom is -0.481 e. The molecular weight excluding hydrogens is 242 g/mol. The normalized spacial score (nSPS) is 12.3. The third-order valence-corrected chi connectivity index (χ3v) is 3.18. The highest BCUT2D eigenvalue weighted by Gasteiger charge is 2.18. The molecular formula is C14H17N3O2. The van der Waals surface area contributed by atoms with Crippen LogP contribution in [0.4, 0.5) is 5.69 Å². The Morgan fingerprint density at radius 3 is 2.84 bits per heavy atom. The van der Waals surface area contributed by atoms with Crippen LogP contribution in [0, 0.1) is 0 Å². The van der Waals surface area contributed by atoms with E-state index in [0.717, 1.165) is 23.1 Å². The van der Waals surface area contributed by atoms with Crippen molar-refractivity contribution in [2.24, 2.45) is 0 Å². The smallest absolute Gasteiger partial charge is 0.305 e. The number of benzene rings is 1. The van der Waals surface area contributed by atoms with Gasteiger partial charge in [0, 0.05) is 18.0 Å². The molecule has 0 aliphatic rings. The number of anilines is 1. The van der Waals surface area contributed by atoms with E-state index < -0.39 is 5.97 Å². The number of aliphatic carboxylic acids is 1. The SMILES string of the molecule is CCN(c1cnnc2ccccc12)C(C)CC(=O)O. The quantitative estimate of drug-likeness (QED) is 0.892. The molecule has 0 spiro atoms. The van der Waals surface area contributed by atoms with Crippen LogP contribution in [0.25, 0.3) is 10.9 Å². The van der Waals surface area contributed by atoms with E-state index in [2.05, 4.69) is 10.2 Å². The summed E-state index contributed by atoms with van der Waals surface area (Å²) in [6.07, 6.45) is 1.80. The first kappa shape index (κ1) is 13.3. The predicted molar refractivity (Wildman–Crippen MR) is 74.3 cm³/mol. The van der Waals surface area contributed by atoms with Crippen molar-refractivity contribution < 1.29 is 9.90 Å². The Hall–Kier alpha value is -2.17. The minimum atomic E-state index is -0.794. The van der Waals surface area contributed by atoms with Gasteiger partial charge < -0.3 is 10.0 Å². The van der Waals surface area contributed by atoms with Crippen LogP contribution in [-0.2, 0) is 4.79 Å². The highest BCUT2D eigenvalue weighted by Crippen LogP contribution is 2.26. The minimum absolute atomic E-state index is 0.0879. The first-order valence-electron chi connectivity index (χ1n) is 6.32. The molecule has 0 fully saturated rings. The maximum atomic E-state index is 10.9. The van der Waals surface area contributed by atoms with Crippen molar-refractivity contribution in [1.82, 2.24) is 10.2 Å². The van der Waals surface area contributed by atoms with Crippen molar-refractivity contribution in [1.29, 1.82) is 0 Å². The summed E-state index contributed by atoms with van der Waals surface area (Å²) in [5, 5.41) is 18.0. The fourth-order valence-electron chi connectivity index (χ4n) is 2.30. The fraction of sp³-hybridized carbons (Fsp3) is 0.357. The largest absolute Gasteiger partial charge is 0.481 e. The van der Waals surface area contributed by atoms with E-state index >= 15 is 0 Å². The van der Waals surface area contributed by atoms with Gasteiger partial charge in [0.15, 0.2) is 0 Å². The maximum absolute atomic E-state index is 10.9. The van der Waals surface area contributed by atoms with E-state index in [1.54, 1.807) is 6.20 Å².